The van der Waals surface area contributed by atoms with Gasteiger partial charge in [-0.1, -0.05) is 17.3 Å². The van der Waals surface area contributed by atoms with Gasteiger partial charge in [0.15, 0.2) is 6.61 Å². The Morgan fingerprint density at radius 2 is 1.89 bits per heavy atom. The molecule has 0 radical (unpaired) electrons. The molecule has 2 aromatic heterocycles. The largest absolute Gasteiger partial charge is 0.497 e. The Morgan fingerprint density at radius 1 is 1.07 bits per heavy atom. The molecule has 8 nitrogen and oxygen atoms in total. The Bertz CT molecular complexity index is 1040. The van der Waals surface area contributed by atoms with Gasteiger partial charge in [-0.05, 0) is 48.9 Å². The van der Waals surface area contributed by atoms with E-state index in [1.165, 1.54) is 0 Å². The van der Waals surface area contributed by atoms with Crippen LogP contribution in [0.3, 0.4) is 0 Å². The summed E-state index contributed by atoms with van der Waals surface area (Å²) in [4.78, 5) is 4.40. The van der Waals surface area contributed by atoms with Crippen LogP contribution in [-0.4, -0.2) is 32.2 Å². The second-order valence-electron chi connectivity index (χ2n) is 5.99. The molecule has 2 aromatic carbocycles. The SMILES string of the molecule is CCCn1nnc2cc(-c3noc(COc4ccc(OC)cc4)n3)ccc21. The van der Waals surface area contributed by atoms with Crippen molar-refractivity contribution < 1.29 is 14.0 Å². The van der Waals surface area contributed by atoms with Crippen LogP contribution in [0.2, 0.25) is 0 Å². The van der Waals surface area contributed by atoms with Crippen LogP contribution in [0, 0.1) is 0 Å². The highest BCUT2D eigenvalue weighted by molar-refractivity contribution is 5.79. The molecule has 0 aliphatic rings. The first-order chi connectivity index (χ1) is 13.3. The summed E-state index contributed by atoms with van der Waals surface area (Å²) in [5.41, 5.74) is 2.62. The lowest BCUT2D eigenvalue weighted by Crippen LogP contribution is -1.98. The fourth-order valence-corrected chi connectivity index (χ4v) is 2.74. The molecule has 0 N–H and O–H groups in total. The maximum atomic E-state index is 5.66. The second-order valence-corrected chi connectivity index (χ2v) is 5.99. The Morgan fingerprint density at radius 3 is 2.67 bits per heavy atom. The summed E-state index contributed by atoms with van der Waals surface area (Å²) in [5.74, 6) is 2.36. The number of fused-ring (bicyclic) bond motifs is 1. The van der Waals surface area contributed by atoms with Crippen LogP contribution >= 0.6 is 0 Å². The van der Waals surface area contributed by atoms with Gasteiger partial charge in [0.05, 0.1) is 12.6 Å². The zero-order valence-electron chi connectivity index (χ0n) is 15.1. The normalized spacial score (nSPS) is 11.0. The van der Waals surface area contributed by atoms with Gasteiger partial charge in [0.25, 0.3) is 5.89 Å². The fourth-order valence-electron chi connectivity index (χ4n) is 2.74. The van der Waals surface area contributed by atoms with Gasteiger partial charge in [-0.15, -0.1) is 5.10 Å². The van der Waals surface area contributed by atoms with Gasteiger partial charge in [-0.2, -0.15) is 4.98 Å². The molecule has 0 atom stereocenters. The van der Waals surface area contributed by atoms with Gasteiger partial charge >= 0.3 is 0 Å². The van der Waals surface area contributed by atoms with Crippen LogP contribution in [0.15, 0.2) is 47.0 Å². The van der Waals surface area contributed by atoms with E-state index < -0.39 is 0 Å². The molecule has 0 aliphatic heterocycles. The van der Waals surface area contributed by atoms with Gasteiger partial charge in [0.2, 0.25) is 5.82 Å². The number of hydrogen-bond donors (Lipinski definition) is 0. The molecule has 0 amide bonds. The fraction of sp³-hybridized carbons (Fsp3) is 0.263. The van der Waals surface area contributed by atoms with E-state index >= 15 is 0 Å². The van der Waals surface area contributed by atoms with Crippen molar-refractivity contribution in [3.63, 3.8) is 0 Å². The average Bonchev–Trinajstić information content (AvgIpc) is 3.34. The van der Waals surface area contributed by atoms with E-state index in [9.17, 15) is 0 Å². The summed E-state index contributed by atoms with van der Waals surface area (Å²) in [5, 5.41) is 12.4. The predicted molar refractivity (Wildman–Crippen MR) is 98.4 cm³/mol. The molecular weight excluding hydrogens is 346 g/mol. The lowest BCUT2D eigenvalue weighted by molar-refractivity contribution is 0.242. The van der Waals surface area contributed by atoms with Crippen molar-refractivity contribution in [1.29, 1.82) is 0 Å². The highest BCUT2D eigenvalue weighted by atomic mass is 16.5. The standard InChI is InChI=1S/C19H19N5O3/c1-3-10-24-17-9-4-13(11-16(17)21-23-24)19-20-18(27-22-19)12-26-15-7-5-14(25-2)6-8-15/h4-9,11H,3,10,12H2,1-2H3. The molecule has 2 heterocycles. The number of rotatable bonds is 7. The van der Waals surface area contributed by atoms with Crippen LogP contribution in [0.5, 0.6) is 11.5 Å². The third-order valence-electron chi connectivity index (χ3n) is 4.10. The van der Waals surface area contributed by atoms with E-state index in [1.54, 1.807) is 7.11 Å². The number of benzene rings is 2. The first-order valence-corrected chi connectivity index (χ1v) is 8.70. The number of methoxy groups -OCH3 is 1. The number of ether oxygens (including phenoxy) is 2. The second kappa shape index (κ2) is 7.45. The minimum absolute atomic E-state index is 0.189. The van der Waals surface area contributed by atoms with E-state index in [-0.39, 0.29) is 6.61 Å². The molecular formula is C19H19N5O3. The van der Waals surface area contributed by atoms with E-state index in [4.69, 9.17) is 14.0 Å². The molecule has 0 unspecified atom stereocenters. The minimum atomic E-state index is 0.189. The summed E-state index contributed by atoms with van der Waals surface area (Å²) in [6.07, 6.45) is 1.00. The van der Waals surface area contributed by atoms with E-state index in [0.29, 0.717) is 17.5 Å². The van der Waals surface area contributed by atoms with Crippen molar-refractivity contribution in [2.75, 3.05) is 7.11 Å². The van der Waals surface area contributed by atoms with Crippen LogP contribution in [-0.2, 0) is 13.2 Å². The number of hydrogen-bond acceptors (Lipinski definition) is 7. The van der Waals surface area contributed by atoms with Crippen LogP contribution in [0.1, 0.15) is 19.2 Å². The minimum Gasteiger partial charge on any atom is -0.497 e. The van der Waals surface area contributed by atoms with Crippen molar-refractivity contribution in [3.05, 3.63) is 48.4 Å². The molecule has 138 valence electrons. The van der Waals surface area contributed by atoms with Crippen molar-refractivity contribution in [1.82, 2.24) is 25.1 Å². The van der Waals surface area contributed by atoms with Crippen LogP contribution in [0.4, 0.5) is 0 Å². The third kappa shape index (κ3) is 3.59. The van der Waals surface area contributed by atoms with Gasteiger partial charge in [0.1, 0.15) is 17.0 Å². The molecule has 0 bridgehead atoms. The molecule has 0 aliphatic carbocycles. The van der Waals surface area contributed by atoms with Crippen molar-refractivity contribution in [2.24, 2.45) is 0 Å². The smallest absolute Gasteiger partial charge is 0.264 e. The Labute approximate surface area is 155 Å². The molecule has 27 heavy (non-hydrogen) atoms. The Hall–Kier alpha value is -3.42. The third-order valence-corrected chi connectivity index (χ3v) is 4.10. The molecule has 4 aromatic rings. The summed E-state index contributed by atoms with van der Waals surface area (Å²) >= 11 is 0. The molecule has 8 heteroatoms. The molecule has 0 spiro atoms. The summed E-state index contributed by atoms with van der Waals surface area (Å²) in [6, 6.07) is 13.1. The van der Waals surface area contributed by atoms with E-state index in [0.717, 1.165) is 35.3 Å². The first kappa shape index (κ1) is 17.0. The summed E-state index contributed by atoms with van der Waals surface area (Å²) in [7, 11) is 1.62. The molecule has 4 rings (SSSR count). The van der Waals surface area contributed by atoms with Gasteiger partial charge < -0.3 is 14.0 Å². The highest BCUT2D eigenvalue weighted by Gasteiger charge is 2.12. The molecule has 0 fully saturated rings. The van der Waals surface area contributed by atoms with Crippen molar-refractivity contribution >= 4 is 11.0 Å². The lowest BCUT2D eigenvalue weighted by Gasteiger charge is -2.04. The summed E-state index contributed by atoms with van der Waals surface area (Å²) < 4.78 is 18.0. The first-order valence-electron chi connectivity index (χ1n) is 8.70. The number of nitrogens with zero attached hydrogens (tertiary/aromatic N) is 5. The highest BCUT2D eigenvalue weighted by Crippen LogP contribution is 2.22. The monoisotopic (exact) mass is 365 g/mol. The van der Waals surface area contributed by atoms with Crippen molar-refractivity contribution in [2.45, 2.75) is 26.5 Å². The average molecular weight is 365 g/mol. The number of aryl methyl sites for hydroxylation is 1. The quantitative estimate of drug-likeness (QED) is 0.495. The topological polar surface area (TPSA) is 88.1 Å². The van der Waals surface area contributed by atoms with Gasteiger partial charge in [0, 0.05) is 12.1 Å². The lowest BCUT2D eigenvalue weighted by atomic mass is 10.2. The Balaban J connectivity index is 1.47. The molecule has 0 saturated carbocycles. The Kier molecular flexibility index (Phi) is 4.69. The van der Waals surface area contributed by atoms with Gasteiger partial charge in [-0.3, -0.25) is 0 Å². The zero-order valence-corrected chi connectivity index (χ0v) is 15.1. The van der Waals surface area contributed by atoms with Gasteiger partial charge in [-0.25, -0.2) is 4.68 Å². The van der Waals surface area contributed by atoms with E-state index in [1.807, 2.05) is 47.1 Å². The van der Waals surface area contributed by atoms with Crippen molar-refractivity contribution in [3.8, 4) is 22.9 Å². The van der Waals surface area contributed by atoms with Crippen LogP contribution < -0.4 is 9.47 Å². The maximum absolute atomic E-state index is 5.66. The maximum Gasteiger partial charge on any atom is 0.264 e. The summed E-state index contributed by atoms with van der Waals surface area (Å²) in [6.45, 7) is 3.13. The van der Waals surface area contributed by atoms with E-state index in [2.05, 4.69) is 27.4 Å². The molecule has 0 saturated heterocycles. The van der Waals surface area contributed by atoms with Crippen LogP contribution in [0.25, 0.3) is 22.4 Å². The number of aromatic nitrogens is 5. The zero-order chi connectivity index (χ0) is 18.6. The predicted octanol–water partition coefficient (Wildman–Crippen LogP) is 3.48.